The Morgan fingerprint density at radius 1 is 1.38 bits per heavy atom. The van der Waals surface area contributed by atoms with Crippen LogP contribution in [-0.4, -0.2) is 25.6 Å². The Morgan fingerprint density at radius 3 is 2.81 bits per heavy atom. The third-order valence-corrected chi connectivity index (χ3v) is 3.46. The average Bonchev–Trinajstić information content (AvgIpc) is 2.44. The van der Waals surface area contributed by atoms with E-state index < -0.39 is 6.36 Å². The van der Waals surface area contributed by atoms with E-state index in [1.807, 2.05) is 6.92 Å². The van der Waals surface area contributed by atoms with E-state index in [0.29, 0.717) is 6.61 Å². The number of nitrogens with one attached hydrogen (secondary N) is 1. The van der Waals surface area contributed by atoms with E-state index in [9.17, 15) is 13.2 Å². The molecule has 0 amide bonds. The van der Waals surface area contributed by atoms with Crippen molar-refractivity contribution in [2.75, 3.05) is 13.2 Å². The number of hydrogen-bond acceptors (Lipinski definition) is 3. The second-order valence-electron chi connectivity index (χ2n) is 5.06. The molecule has 0 saturated carbocycles. The summed E-state index contributed by atoms with van der Waals surface area (Å²) >= 11 is 0. The highest BCUT2D eigenvalue weighted by Gasteiger charge is 2.32. The van der Waals surface area contributed by atoms with Gasteiger partial charge in [-0.3, -0.25) is 0 Å². The maximum atomic E-state index is 12.3. The van der Waals surface area contributed by atoms with Crippen LogP contribution in [0.4, 0.5) is 13.2 Å². The number of ether oxygens (including phenoxy) is 2. The first-order valence-corrected chi connectivity index (χ1v) is 7.20. The van der Waals surface area contributed by atoms with Gasteiger partial charge in [-0.25, -0.2) is 0 Å². The number of benzene rings is 1. The van der Waals surface area contributed by atoms with E-state index in [2.05, 4.69) is 10.1 Å². The SMILES string of the molecule is CCNC(c1cccc(OC(F)(F)F)c1)C1CCCCO1. The van der Waals surface area contributed by atoms with E-state index in [4.69, 9.17) is 4.74 Å². The van der Waals surface area contributed by atoms with Gasteiger partial charge in [-0.05, 0) is 43.5 Å². The standard InChI is InChI=1S/C15H20F3NO2/c1-2-19-14(13-8-3-4-9-20-13)11-6-5-7-12(10-11)21-15(16,17)18/h5-7,10,13-14,19H,2-4,8-9H2,1H3. The molecule has 1 heterocycles. The van der Waals surface area contributed by atoms with Gasteiger partial charge in [0, 0.05) is 6.61 Å². The van der Waals surface area contributed by atoms with Crippen LogP contribution in [0.25, 0.3) is 0 Å². The third kappa shape index (κ3) is 4.89. The molecular formula is C15H20F3NO2. The van der Waals surface area contributed by atoms with E-state index in [1.165, 1.54) is 12.1 Å². The zero-order chi connectivity index (χ0) is 15.3. The van der Waals surface area contributed by atoms with Crippen molar-refractivity contribution in [2.45, 2.75) is 44.7 Å². The maximum Gasteiger partial charge on any atom is 0.573 e. The topological polar surface area (TPSA) is 30.5 Å². The highest BCUT2D eigenvalue weighted by Crippen LogP contribution is 2.30. The maximum absolute atomic E-state index is 12.3. The fraction of sp³-hybridized carbons (Fsp3) is 0.600. The molecule has 1 N–H and O–H groups in total. The first-order chi connectivity index (χ1) is 9.99. The molecule has 0 bridgehead atoms. The Kier molecular flexibility index (Phi) is 5.47. The lowest BCUT2D eigenvalue weighted by Crippen LogP contribution is -2.36. The van der Waals surface area contributed by atoms with Gasteiger partial charge in [-0.15, -0.1) is 13.2 Å². The van der Waals surface area contributed by atoms with Gasteiger partial charge in [0.2, 0.25) is 0 Å². The van der Waals surface area contributed by atoms with Crippen molar-refractivity contribution in [3.8, 4) is 5.75 Å². The molecule has 2 atom stereocenters. The van der Waals surface area contributed by atoms with Crippen LogP contribution in [0.1, 0.15) is 37.8 Å². The molecular weight excluding hydrogens is 283 g/mol. The van der Waals surface area contributed by atoms with E-state index >= 15 is 0 Å². The van der Waals surface area contributed by atoms with Crippen LogP contribution in [0.15, 0.2) is 24.3 Å². The molecule has 21 heavy (non-hydrogen) atoms. The number of halogens is 3. The Bertz CT molecular complexity index is 445. The molecule has 1 aliphatic rings. The van der Waals surface area contributed by atoms with Crippen LogP contribution in [0.3, 0.4) is 0 Å². The Labute approximate surface area is 122 Å². The summed E-state index contributed by atoms with van der Waals surface area (Å²) in [7, 11) is 0. The molecule has 2 rings (SSSR count). The first kappa shape index (κ1) is 16.1. The molecule has 118 valence electrons. The minimum atomic E-state index is -4.67. The third-order valence-electron chi connectivity index (χ3n) is 3.46. The van der Waals surface area contributed by atoms with Gasteiger partial charge in [-0.2, -0.15) is 0 Å². The fourth-order valence-electron chi connectivity index (χ4n) is 2.62. The van der Waals surface area contributed by atoms with Crippen LogP contribution in [0.2, 0.25) is 0 Å². The van der Waals surface area contributed by atoms with Gasteiger partial charge in [0.1, 0.15) is 5.75 Å². The largest absolute Gasteiger partial charge is 0.573 e. The highest BCUT2D eigenvalue weighted by atomic mass is 19.4. The van der Waals surface area contributed by atoms with Crippen LogP contribution < -0.4 is 10.1 Å². The number of rotatable bonds is 5. The molecule has 1 fully saturated rings. The van der Waals surface area contributed by atoms with Crippen molar-refractivity contribution >= 4 is 0 Å². The lowest BCUT2D eigenvalue weighted by molar-refractivity contribution is -0.274. The summed E-state index contributed by atoms with van der Waals surface area (Å²) < 4.78 is 46.7. The van der Waals surface area contributed by atoms with Gasteiger partial charge in [0.05, 0.1) is 12.1 Å². The Morgan fingerprint density at radius 2 is 2.19 bits per heavy atom. The predicted molar refractivity (Wildman–Crippen MR) is 73.1 cm³/mol. The molecule has 1 aliphatic heterocycles. The summed E-state index contributed by atoms with van der Waals surface area (Å²) in [5.74, 6) is -0.196. The fourth-order valence-corrected chi connectivity index (χ4v) is 2.62. The molecule has 3 nitrogen and oxygen atoms in total. The van der Waals surface area contributed by atoms with E-state index in [-0.39, 0.29) is 17.9 Å². The van der Waals surface area contributed by atoms with E-state index in [0.717, 1.165) is 31.4 Å². The Hall–Kier alpha value is -1.27. The number of likely N-dealkylation sites (N-methyl/N-ethyl adjacent to an activating group) is 1. The summed E-state index contributed by atoms with van der Waals surface area (Å²) in [5, 5.41) is 3.30. The van der Waals surface area contributed by atoms with Crippen LogP contribution in [-0.2, 0) is 4.74 Å². The lowest BCUT2D eigenvalue weighted by atomic mass is 9.95. The zero-order valence-corrected chi connectivity index (χ0v) is 12.0. The van der Waals surface area contributed by atoms with Crippen LogP contribution in [0.5, 0.6) is 5.75 Å². The molecule has 1 aromatic carbocycles. The van der Waals surface area contributed by atoms with Gasteiger partial charge in [0.15, 0.2) is 0 Å². The van der Waals surface area contributed by atoms with Crippen LogP contribution in [0, 0.1) is 0 Å². The summed E-state index contributed by atoms with van der Waals surface area (Å²) in [6, 6.07) is 5.99. The predicted octanol–water partition coefficient (Wildman–Crippen LogP) is 3.80. The highest BCUT2D eigenvalue weighted by molar-refractivity contribution is 5.31. The molecule has 1 saturated heterocycles. The minimum absolute atomic E-state index is 0.0140. The molecule has 2 unspecified atom stereocenters. The molecule has 0 radical (unpaired) electrons. The van der Waals surface area contributed by atoms with Crippen molar-refractivity contribution in [2.24, 2.45) is 0 Å². The van der Waals surface area contributed by atoms with Crippen LogP contribution >= 0.6 is 0 Å². The van der Waals surface area contributed by atoms with Crippen molar-refractivity contribution in [1.82, 2.24) is 5.32 Å². The minimum Gasteiger partial charge on any atom is -0.406 e. The van der Waals surface area contributed by atoms with Crippen molar-refractivity contribution in [3.63, 3.8) is 0 Å². The van der Waals surface area contributed by atoms with Crippen molar-refractivity contribution in [3.05, 3.63) is 29.8 Å². The summed E-state index contributed by atoms with van der Waals surface area (Å²) in [4.78, 5) is 0. The van der Waals surface area contributed by atoms with E-state index in [1.54, 1.807) is 12.1 Å². The van der Waals surface area contributed by atoms with Gasteiger partial charge >= 0.3 is 6.36 Å². The summed E-state index contributed by atoms with van der Waals surface area (Å²) in [5.41, 5.74) is 0.755. The lowest BCUT2D eigenvalue weighted by Gasteiger charge is -2.31. The number of alkyl halides is 3. The van der Waals surface area contributed by atoms with Crippen molar-refractivity contribution < 1.29 is 22.6 Å². The normalized spacial score (nSPS) is 21.0. The molecule has 0 aromatic heterocycles. The Balaban J connectivity index is 2.17. The summed E-state index contributed by atoms with van der Waals surface area (Å²) in [6.45, 7) is 3.38. The number of hydrogen-bond donors (Lipinski definition) is 1. The van der Waals surface area contributed by atoms with Gasteiger partial charge in [0.25, 0.3) is 0 Å². The monoisotopic (exact) mass is 303 g/mol. The second kappa shape index (κ2) is 7.13. The smallest absolute Gasteiger partial charge is 0.406 e. The second-order valence-corrected chi connectivity index (χ2v) is 5.06. The van der Waals surface area contributed by atoms with Gasteiger partial charge < -0.3 is 14.8 Å². The molecule has 6 heteroatoms. The zero-order valence-electron chi connectivity index (χ0n) is 12.0. The molecule has 0 spiro atoms. The van der Waals surface area contributed by atoms with Crippen molar-refractivity contribution in [1.29, 1.82) is 0 Å². The molecule has 1 aromatic rings. The quantitative estimate of drug-likeness (QED) is 0.897. The summed E-state index contributed by atoms with van der Waals surface area (Å²) in [6.07, 6.45) is -1.67. The first-order valence-electron chi connectivity index (χ1n) is 7.20. The molecule has 0 aliphatic carbocycles. The van der Waals surface area contributed by atoms with Gasteiger partial charge in [-0.1, -0.05) is 19.1 Å². The average molecular weight is 303 g/mol.